The number of halogens is 10. The molecular formula is C6H5F10NO. The summed E-state index contributed by atoms with van der Waals surface area (Å²) in [5.74, 6) is -5.72. The van der Waals surface area contributed by atoms with Crippen LogP contribution in [0, 0.1) is 0 Å². The van der Waals surface area contributed by atoms with Gasteiger partial charge in [0.2, 0.25) is 0 Å². The van der Waals surface area contributed by atoms with Gasteiger partial charge in [-0.25, -0.2) is 0 Å². The maximum atomic E-state index is 12.7. The summed E-state index contributed by atoms with van der Waals surface area (Å²) in [7, 11) is 0. The molecule has 0 atom stereocenters. The largest absolute Gasteiger partial charge is 0.472 e. The van der Waals surface area contributed by atoms with Crippen LogP contribution in [0.25, 0.3) is 0 Å². The van der Waals surface area contributed by atoms with Crippen molar-refractivity contribution in [3.8, 4) is 0 Å². The molecule has 0 heterocycles. The van der Waals surface area contributed by atoms with Crippen molar-refractivity contribution in [2.75, 3.05) is 6.61 Å². The monoisotopic (exact) mass is 297 g/mol. The van der Waals surface area contributed by atoms with Crippen molar-refractivity contribution in [2.45, 2.75) is 31.0 Å². The third kappa shape index (κ3) is 3.37. The summed E-state index contributed by atoms with van der Waals surface area (Å²) in [5.41, 5.74) is 0. The third-order valence-corrected chi connectivity index (χ3v) is 1.65. The van der Waals surface area contributed by atoms with E-state index in [0.717, 1.165) is 0 Å². The van der Waals surface area contributed by atoms with Crippen molar-refractivity contribution in [2.24, 2.45) is 0 Å². The van der Waals surface area contributed by atoms with Crippen molar-refractivity contribution >= 4 is 0 Å². The maximum absolute atomic E-state index is 12.7. The lowest BCUT2D eigenvalue weighted by Gasteiger charge is -2.37. The summed E-state index contributed by atoms with van der Waals surface area (Å²) in [6.45, 7) is -1.72. The zero-order valence-corrected chi connectivity index (χ0v) is 8.09. The van der Waals surface area contributed by atoms with E-state index >= 15 is 0 Å². The van der Waals surface area contributed by atoms with E-state index in [0.29, 0.717) is 0 Å². The predicted octanol–water partition coefficient (Wildman–Crippen LogP) is 2.94. The molecule has 0 unspecified atom stereocenters. The molecule has 0 aliphatic rings. The highest BCUT2D eigenvalue weighted by atomic mass is 19.4. The topological polar surface area (TPSA) is 23.5 Å². The van der Waals surface area contributed by atoms with E-state index in [-0.39, 0.29) is 0 Å². The second kappa shape index (κ2) is 4.72. The SMILES string of the molecule is OCCC(F)(F)C(F)(F)N(C(F)(F)F)C(F)(F)F. The smallest absolute Gasteiger partial charge is 0.396 e. The fourth-order valence-corrected chi connectivity index (χ4v) is 0.917. The molecule has 0 radical (unpaired) electrons. The van der Waals surface area contributed by atoms with E-state index in [1.54, 1.807) is 0 Å². The normalized spacial score (nSPS) is 15.3. The Bertz CT molecular complexity index is 267. The quantitative estimate of drug-likeness (QED) is 0.637. The van der Waals surface area contributed by atoms with Gasteiger partial charge < -0.3 is 5.11 Å². The molecule has 0 aliphatic carbocycles. The van der Waals surface area contributed by atoms with Crippen LogP contribution >= 0.6 is 0 Å². The Balaban J connectivity index is 5.63. The van der Waals surface area contributed by atoms with Crippen molar-refractivity contribution in [3.05, 3.63) is 0 Å². The zero-order valence-electron chi connectivity index (χ0n) is 8.09. The molecule has 0 spiro atoms. The van der Waals surface area contributed by atoms with Crippen LogP contribution in [0.2, 0.25) is 0 Å². The van der Waals surface area contributed by atoms with Crippen LogP contribution in [0.1, 0.15) is 6.42 Å². The van der Waals surface area contributed by atoms with Gasteiger partial charge in [-0.2, -0.15) is 43.9 Å². The third-order valence-electron chi connectivity index (χ3n) is 1.65. The standard InChI is InChI=1S/C6H5F10NO/c7-3(8,1-2-18)4(9,10)17(5(11,12)13)6(14,15)16/h18H,1-2H2. The van der Waals surface area contributed by atoms with Crippen molar-refractivity contribution < 1.29 is 49.0 Å². The van der Waals surface area contributed by atoms with Crippen LogP contribution in [0.5, 0.6) is 0 Å². The average Bonchev–Trinajstić information content (AvgIpc) is 1.95. The average molecular weight is 297 g/mol. The summed E-state index contributed by atoms with van der Waals surface area (Å²) < 4.78 is 121. The van der Waals surface area contributed by atoms with Crippen LogP contribution in [0.3, 0.4) is 0 Å². The number of hydrogen-bond donors (Lipinski definition) is 1. The number of alkyl halides is 10. The van der Waals surface area contributed by atoms with Crippen LogP contribution in [0.4, 0.5) is 43.9 Å². The first-order chi connectivity index (χ1) is 7.68. The fraction of sp³-hybridized carbons (Fsp3) is 1.00. The lowest BCUT2D eigenvalue weighted by molar-refractivity contribution is -0.469. The minimum atomic E-state index is -6.76. The van der Waals surface area contributed by atoms with Gasteiger partial charge in [-0.05, 0) is 0 Å². The first kappa shape index (κ1) is 17.2. The number of rotatable bonds is 4. The van der Waals surface area contributed by atoms with Crippen molar-refractivity contribution in [3.63, 3.8) is 0 Å². The van der Waals surface area contributed by atoms with Crippen LogP contribution in [0.15, 0.2) is 0 Å². The molecular weight excluding hydrogens is 292 g/mol. The van der Waals surface area contributed by atoms with Gasteiger partial charge in [0.1, 0.15) is 0 Å². The summed E-state index contributed by atoms with van der Waals surface area (Å²) in [6, 6.07) is -6.58. The molecule has 0 amide bonds. The van der Waals surface area contributed by atoms with E-state index in [4.69, 9.17) is 5.11 Å². The van der Waals surface area contributed by atoms with Gasteiger partial charge in [0.15, 0.2) is 0 Å². The summed E-state index contributed by atoms with van der Waals surface area (Å²) >= 11 is 0. The Hall–Kier alpha value is -0.780. The second-order valence-corrected chi connectivity index (χ2v) is 2.99. The van der Waals surface area contributed by atoms with Crippen LogP contribution in [-0.2, 0) is 0 Å². The van der Waals surface area contributed by atoms with E-state index in [1.807, 2.05) is 0 Å². The van der Waals surface area contributed by atoms with E-state index in [1.165, 1.54) is 0 Å². The lowest BCUT2D eigenvalue weighted by atomic mass is 10.2. The van der Waals surface area contributed by atoms with Gasteiger partial charge in [-0.1, -0.05) is 4.90 Å². The molecule has 0 saturated heterocycles. The lowest BCUT2D eigenvalue weighted by Crippen LogP contribution is -2.64. The number of aliphatic hydroxyl groups excluding tert-OH is 1. The number of hydrogen-bond acceptors (Lipinski definition) is 2. The molecule has 0 rings (SSSR count). The Morgan fingerprint density at radius 2 is 1.06 bits per heavy atom. The highest BCUT2D eigenvalue weighted by molar-refractivity contribution is 4.87. The first-order valence-corrected chi connectivity index (χ1v) is 3.98. The Morgan fingerprint density at radius 1 is 0.722 bits per heavy atom. The Labute approximate surface area is 92.8 Å². The molecule has 1 N–H and O–H groups in total. The minimum absolute atomic E-state index is 1.72. The van der Waals surface area contributed by atoms with E-state index in [9.17, 15) is 43.9 Å². The van der Waals surface area contributed by atoms with Gasteiger partial charge >= 0.3 is 24.6 Å². The zero-order chi connectivity index (χ0) is 15.0. The Kier molecular flexibility index (Phi) is 4.51. The maximum Gasteiger partial charge on any atom is 0.472 e. The van der Waals surface area contributed by atoms with Crippen molar-refractivity contribution in [1.29, 1.82) is 0 Å². The molecule has 110 valence electrons. The summed E-state index contributed by atoms with van der Waals surface area (Å²) in [4.78, 5) is -3.50. The molecule has 2 nitrogen and oxygen atoms in total. The first-order valence-electron chi connectivity index (χ1n) is 3.98. The fourth-order valence-electron chi connectivity index (χ4n) is 0.917. The Morgan fingerprint density at radius 3 is 1.28 bits per heavy atom. The van der Waals surface area contributed by atoms with Crippen LogP contribution < -0.4 is 0 Å². The van der Waals surface area contributed by atoms with Gasteiger partial charge in [0.25, 0.3) is 0 Å². The molecule has 0 aromatic rings. The predicted molar refractivity (Wildman–Crippen MR) is 35.5 cm³/mol. The van der Waals surface area contributed by atoms with Gasteiger partial charge in [-0.15, -0.1) is 0 Å². The highest BCUT2D eigenvalue weighted by Gasteiger charge is 2.74. The molecule has 0 aromatic heterocycles. The second-order valence-electron chi connectivity index (χ2n) is 2.99. The van der Waals surface area contributed by atoms with Gasteiger partial charge in [-0.3, -0.25) is 0 Å². The van der Waals surface area contributed by atoms with E-state index in [2.05, 4.69) is 0 Å². The minimum Gasteiger partial charge on any atom is -0.396 e. The molecule has 12 heteroatoms. The van der Waals surface area contributed by atoms with E-state index < -0.39 is 42.5 Å². The van der Waals surface area contributed by atoms with Crippen molar-refractivity contribution in [1.82, 2.24) is 4.90 Å². The van der Waals surface area contributed by atoms with Gasteiger partial charge in [0, 0.05) is 13.0 Å². The summed E-state index contributed by atoms with van der Waals surface area (Å²) in [6.07, 6.45) is -15.8. The molecule has 0 bridgehead atoms. The molecule has 0 aliphatic heterocycles. The highest BCUT2D eigenvalue weighted by Crippen LogP contribution is 2.49. The molecule has 18 heavy (non-hydrogen) atoms. The summed E-state index contributed by atoms with van der Waals surface area (Å²) in [5, 5.41) is 7.96. The molecule has 0 aromatic carbocycles. The van der Waals surface area contributed by atoms with Gasteiger partial charge in [0.05, 0.1) is 0 Å². The number of nitrogens with zero attached hydrogens (tertiary/aromatic N) is 1. The molecule has 0 saturated carbocycles. The van der Waals surface area contributed by atoms with Crippen LogP contribution in [-0.4, -0.2) is 41.2 Å². The number of aliphatic hydroxyl groups is 1. The molecule has 0 fully saturated rings.